The van der Waals surface area contributed by atoms with Crippen LogP contribution in [0.5, 0.6) is 5.75 Å². The van der Waals surface area contributed by atoms with E-state index in [1.54, 1.807) is 49.4 Å². The van der Waals surface area contributed by atoms with Gasteiger partial charge in [0.1, 0.15) is 5.75 Å². The van der Waals surface area contributed by atoms with Gasteiger partial charge in [-0.2, -0.15) is 11.3 Å². The topological polar surface area (TPSA) is 37.3 Å². The molecule has 0 aliphatic heterocycles. The molecule has 0 bridgehead atoms. The van der Waals surface area contributed by atoms with Crippen LogP contribution < -0.4 is 0 Å². The van der Waals surface area contributed by atoms with E-state index < -0.39 is 12.0 Å². The molecule has 0 amide bonds. The third-order valence-electron chi connectivity index (χ3n) is 3.95. The molecule has 24 heavy (non-hydrogen) atoms. The average Bonchev–Trinajstić information content (AvgIpc) is 3.12. The Hall–Kier alpha value is -2.46. The molecule has 0 radical (unpaired) electrons. The molecule has 122 valence electrons. The highest BCUT2D eigenvalue weighted by atomic mass is 32.1. The molecule has 0 aliphatic carbocycles. The van der Waals surface area contributed by atoms with Crippen LogP contribution in [0.1, 0.15) is 21.5 Å². The van der Waals surface area contributed by atoms with Gasteiger partial charge in [0, 0.05) is 17.5 Å². The number of hydrogen-bond acceptors (Lipinski definition) is 3. The molecule has 1 atom stereocenters. The molecule has 2 aromatic carbocycles. The molecule has 1 heterocycles. The molecular weight excluding hydrogens is 323 g/mol. The fourth-order valence-electron chi connectivity index (χ4n) is 2.69. The fourth-order valence-corrected chi connectivity index (χ4v) is 3.35. The Morgan fingerprint density at radius 2 is 1.96 bits per heavy atom. The van der Waals surface area contributed by atoms with E-state index in [0.29, 0.717) is 22.3 Å². The Labute approximate surface area is 144 Å². The minimum atomic E-state index is -1.60. The molecule has 1 aromatic heterocycles. The highest BCUT2D eigenvalue weighted by molar-refractivity contribution is 7.08. The van der Waals surface area contributed by atoms with Crippen molar-refractivity contribution < 1.29 is 14.3 Å². The SMILES string of the molecule is Cc1cc(C[C@H](F)C(=O)c2ccccc2)cc(-c2ccsc2)c1O. The lowest BCUT2D eigenvalue weighted by atomic mass is 9.95. The molecule has 1 N–H and O–H groups in total. The van der Waals surface area contributed by atoms with E-state index in [-0.39, 0.29) is 12.2 Å². The number of ketones is 1. The summed E-state index contributed by atoms with van der Waals surface area (Å²) in [4.78, 5) is 12.2. The van der Waals surface area contributed by atoms with Gasteiger partial charge in [0.05, 0.1) is 0 Å². The molecule has 3 rings (SSSR count). The quantitative estimate of drug-likeness (QED) is 0.649. The fraction of sp³-hybridized carbons (Fsp3) is 0.150. The molecule has 0 spiro atoms. The van der Waals surface area contributed by atoms with Crippen LogP contribution in [-0.4, -0.2) is 17.1 Å². The summed E-state index contributed by atoms with van der Waals surface area (Å²) in [6.07, 6.45) is -1.61. The number of halogens is 1. The van der Waals surface area contributed by atoms with Crippen molar-refractivity contribution in [1.82, 2.24) is 0 Å². The van der Waals surface area contributed by atoms with Crippen LogP contribution >= 0.6 is 11.3 Å². The highest BCUT2D eigenvalue weighted by Crippen LogP contribution is 2.35. The minimum Gasteiger partial charge on any atom is -0.507 e. The number of Topliss-reactive ketones (excluding diaryl/α,β-unsaturated/α-hetero) is 1. The first-order valence-corrected chi connectivity index (χ1v) is 8.59. The smallest absolute Gasteiger partial charge is 0.197 e. The number of rotatable bonds is 5. The lowest BCUT2D eigenvalue weighted by Crippen LogP contribution is -2.18. The van der Waals surface area contributed by atoms with Gasteiger partial charge in [-0.1, -0.05) is 36.4 Å². The summed E-state index contributed by atoms with van der Waals surface area (Å²) in [5.74, 6) is -0.319. The number of benzene rings is 2. The molecule has 0 saturated heterocycles. The largest absolute Gasteiger partial charge is 0.507 e. The van der Waals surface area contributed by atoms with Crippen molar-refractivity contribution in [2.24, 2.45) is 0 Å². The van der Waals surface area contributed by atoms with Crippen molar-refractivity contribution in [1.29, 1.82) is 0 Å². The van der Waals surface area contributed by atoms with Gasteiger partial charge >= 0.3 is 0 Å². The number of aromatic hydroxyl groups is 1. The van der Waals surface area contributed by atoms with E-state index in [1.807, 2.05) is 16.8 Å². The zero-order valence-electron chi connectivity index (χ0n) is 13.2. The zero-order chi connectivity index (χ0) is 17.1. The number of alkyl halides is 1. The van der Waals surface area contributed by atoms with Gasteiger partial charge in [-0.15, -0.1) is 0 Å². The van der Waals surface area contributed by atoms with Crippen LogP contribution in [0.25, 0.3) is 11.1 Å². The van der Waals surface area contributed by atoms with Crippen LogP contribution in [0.3, 0.4) is 0 Å². The van der Waals surface area contributed by atoms with E-state index in [2.05, 4.69) is 0 Å². The van der Waals surface area contributed by atoms with E-state index >= 15 is 0 Å². The first-order valence-electron chi connectivity index (χ1n) is 7.64. The summed E-state index contributed by atoms with van der Waals surface area (Å²) in [6, 6.07) is 13.9. The van der Waals surface area contributed by atoms with E-state index in [1.165, 1.54) is 11.3 Å². The van der Waals surface area contributed by atoms with Gasteiger partial charge in [0.2, 0.25) is 0 Å². The molecule has 0 fully saturated rings. The van der Waals surface area contributed by atoms with E-state index in [0.717, 1.165) is 5.56 Å². The third kappa shape index (κ3) is 3.39. The predicted molar refractivity (Wildman–Crippen MR) is 95.5 cm³/mol. The number of carbonyl (C=O) groups excluding carboxylic acids is 1. The van der Waals surface area contributed by atoms with Crippen molar-refractivity contribution in [3.63, 3.8) is 0 Å². The lowest BCUT2D eigenvalue weighted by Gasteiger charge is -2.12. The average molecular weight is 340 g/mol. The second kappa shape index (κ2) is 6.97. The van der Waals surface area contributed by atoms with Crippen molar-refractivity contribution in [3.05, 3.63) is 76.0 Å². The summed E-state index contributed by atoms with van der Waals surface area (Å²) in [6.45, 7) is 1.78. The normalized spacial score (nSPS) is 12.1. The summed E-state index contributed by atoms with van der Waals surface area (Å²) >= 11 is 1.53. The monoisotopic (exact) mass is 340 g/mol. The molecular formula is C20H17FO2S. The highest BCUT2D eigenvalue weighted by Gasteiger charge is 2.20. The molecule has 4 heteroatoms. The summed E-state index contributed by atoms with van der Waals surface area (Å²) in [7, 11) is 0. The number of phenolic OH excluding ortho intramolecular Hbond substituents is 1. The number of carbonyl (C=O) groups is 1. The van der Waals surface area contributed by atoms with Crippen LogP contribution in [0.4, 0.5) is 4.39 Å². The Morgan fingerprint density at radius 1 is 1.21 bits per heavy atom. The number of aryl methyl sites for hydroxylation is 1. The first kappa shape index (κ1) is 16.4. The molecule has 2 nitrogen and oxygen atoms in total. The van der Waals surface area contributed by atoms with Crippen LogP contribution in [-0.2, 0) is 6.42 Å². The standard InChI is InChI=1S/C20H17FO2S/c1-13-9-14(10-17(19(13)22)16-7-8-24-12-16)11-18(21)20(23)15-5-3-2-4-6-15/h2-10,12,18,22H,11H2,1H3/t18-/m0/s1. The number of hydrogen-bond donors (Lipinski definition) is 1. The Balaban J connectivity index is 1.86. The molecule has 0 aliphatic rings. The molecule has 0 saturated carbocycles. The number of thiophene rings is 1. The third-order valence-corrected chi connectivity index (χ3v) is 4.63. The lowest BCUT2D eigenvalue weighted by molar-refractivity contribution is 0.0877. The minimum absolute atomic E-state index is 0.00795. The Bertz CT molecular complexity index is 842. The van der Waals surface area contributed by atoms with Gasteiger partial charge < -0.3 is 5.11 Å². The van der Waals surface area contributed by atoms with Crippen molar-refractivity contribution in [2.75, 3.05) is 0 Å². The van der Waals surface area contributed by atoms with Gasteiger partial charge in [0.25, 0.3) is 0 Å². The second-order valence-electron chi connectivity index (χ2n) is 5.72. The Morgan fingerprint density at radius 3 is 2.62 bits per heavy atom. The van der Waals surface area contributed by atoms with Gasteiger partial charge in [0.15, 0.2) is 12.0 Å². The maximum atomic E-state index is 14.5. The van der Waals surface area contributed by atoms with Gasteiger partial charge in [-0.25, -0.2) is 4.39 Å². The number of phenols is 1. The van der Waals surface area contributed by atoms with Crippen molar-refractivity contribution in [3.8, 4) is 16.9 Å². The van der Waals surface area contributed by atoms with Crippen LogP contribution in [0, 0.1) is 6.92 Å². The summed E-state index contributed by atoms with van der Waals surface area (Å²) in [5.41, 5.74) is 3.31. The van der Waals surface area contributed by atoms with Gasteiger partial charge in [-0.3, -0.25) is 4.79 Å². The van der Waals surface area contributed by atoms with Crippen LogP contribution in [0.15, 0.2) is 59.3 Å². The summed E-state index contributed by atoms with van der Waals surface area (Å²) in [5, 5.41) is 14.1. The van der Waals surface area contributed by atoms with Crippen molar-refractivity contribution >= 4 is 17.1 Å². The van der Waals surface area contributed by atoms with Crippen LogP contribution in [0.2, 0.25) is 0 Å². The first-order chi connectivity index (χ1) is 11.6. The van der Waals surface area contributed by atoms with E-state index in [9.17, 15) is 14.3 Å². The zero-order valence-corrected chi connectivity index (χ0v) is 14.0. The molecule has 0 unspecified atom stereocenters. The maximum absolute atomic E-state index is 14.5. The van der Waals surface area contributed by atoms with E-state index in [4.69, 9.17) is 0 Å². The maximum Gasteiger partial charge on any atom is 0.197 e. The molecule has 3 aromatic rings. The van der Waals surface area contributed by atoms with Gasteiger partial charge in [-0.05, 0) is 46.5 Å². The summed E-state index contributed by atoms with van der Waals surface area (Å²) < 4.78 is 14.5. The Kier molecular flexibility index (Phi) is 4.76. The second-order valence-corrected chi connectivity index (χ2v) is 6.50. The predicted octanol–water partition coefficient (Wildman–Crippen LogP) is 5.19. The van der Waals surface area contributed by atoms with Crippen molar-refractivity contribution in [2.45, 2.75) is 19.5 Å².